The number of sulfonamides is 1. The minimum Gasteiger partial charge on any atom is -0.391 e. The Labute approximate surface area is 411 Å². The van der Waals surface area contributed by atoms with Crippen molar-refractivity contribution in [3.05, 3.63) is 93.5 Å². The summed E-state index contributed by atoms with van der Waals surface area (Å²) in [5, 5.41) is 20.2. The molecule has 0 radical (unpaired) electrons. The van der Waals surface area contributed by atoms with Crippen LogP contribution in [0.1, 0.15) is 75.7 Å². The summed E-state index contributed by atoms with van der Waals surface area (Å²) in [7, 11) is -3.84. The number of aromatic nitrogens is 4. The molecule has 1 aliphatic carbocycles. The fraction of sp³-hybridized carbons (Fsp3) is 0.490. The maximum atomic E-state index is 13.9. The van der Waals surface area contributed by atoms with Gasteiger partial charge in [-0.3, -0.25) is 23.7 Å². The summed E-state index contributed by atoms with van der Waals surface area (Å²) in [6.45, 7) is 9.77. The molecule has 5 aromatic rings. The Bertz CT molecular complexity index is 2790. The maximum absolute atomic E-state index is 13.9. The van der Waals surface area contributed by atoms with Crippen molar-refractivity contribution in [2.75, 3.05) is 58.0 Å². The molecular weight excluding hydrogens is 939 g/mol. The van der Waals surface area contributed by atoms with E-state index in [-0.39, 0.29) is 82.2 Å². The third kappa shape index (κ3) is 13.4. The van der Waals surface area contributed by atoms with E-state index in [1.165, 1.54) is 11.0 Å². The minimum atomic E-state index is -3.84. The van der Waals surface area contributed by atoms with E-state index in [0.29, 0.717) is 22.8 Å². The number of hydrogen-bond acceptors (Lipinski definition) is 15. The van der Waals surface area contributed by atoms with Gasteiger partial charge in [0.2, 0.25) is 33.7 Å². The first kappa shape index (κ1) is 52.2. The lowest BCUT2D eigenvalue weighted by atomic mass is 9.85. The molecule has 0 bridgehead atoms. The van der Waals surface area contributed by atoms with Crippen LogP contribution in [-0.4, -0.2) is 127 Å². The van der Waals surface area contributed by atoms with E-state index in [2.05, 4.69) is 35.6 Å². The van der Waals surface area contributed by atoms with Gasteiger partial charge in [0.15, 0.2) is 0 Å². The smallest absolute Gasteiger partial charge is 0.252 e. The number of aliphatic hydroxyl groups is 1. The second-order valence-electron chi connectivity index (χ2n) is 18.7. The number of nitrogens with one attached hydrogen (secondary N) is 4. The van der Waals surface area contributed by atoms with E-state index in [1.54, 1.807) is 79.6 Å². The number of likely N-dealkylation sites (tertiary alicyclic amines) is 1. The first-order valence-electron chi connectivity index (χ1n) is 23.5. The lowest BCUT2D eigenvalue weighted by molar-refractivity contribution is -0.144. The molecule has 19 nitrogen and oxygen atoms in total. The first-order chi connectivity index (χ1) is 33.5. The van der Waals surface area contributed by atoms with Crippen LogP contribution in [-0.2, 0) is 45.2 Å². The van der Waals surface area contributed by atoms with Crippen molar-refractivity contribution in [3.63, 3.8) is 0 Å². The number of β-amino-alcohol motifs (C(OH)–C–C–N with tert-alkyl or cyclic N) is 1. The molecule has 0 unspecified atom stereocenters. The Morgan fingerprint density at radius 2 is 1.64 bits per heavy atom. The average molecular weight is 1000 g/mol. The number of benzene rings is 2. The summed E-state index contributed by atoms with van der Waals surface area (Å²) < 4.78 is 47.0. The fourth-order valence-corrected chi connectivity index (χ4v) is 10.5. The number of carbonyl (C=O) groups excluding carboxylic acids is 3. The fourth-order valence-electron chi connectivity index (χ4n) is 8.60. The Morgan fingerprint density at radius 1 is 0.929 bits per heavy atom. The molecule has 3 atom stereocenters. The predicted octanol–water partition coefficient (Wildman–Crippen LogP) is 4.53. The number of pyridine rings is 1. The Kier molecular flexibility index (Phi) is 17.5. The molecule has 376 valence electrons. The number of carbonyl (C=O) groups is 3. The number of rotatable bonds is 22. The zero-order valence-electron chi connectivity index (χ0n) is 40.2. The molecule has 3 amide bonds. The summed E-state index contributed by atoms with van der Waals surface area (Å²) in [6, 6.07) is 14.0. The van der Waals surface area contributed by atoms with Gasteiger partial charge in [-0.1, -0.05) is 57.9 Å². The van der Waals surface area contributed by atoms with Crippen LogP contribution in [0, 0.1) is 19.3 Å². The normalized spacial score (nSPS) is 17.0. The van der Waals surface area contributed by atoms with Gasteiger partial charge < -0.3 is 40.2 Å². The lowest BCUT2D eigenvalue weighted by Gasteiger charge is -2.35. The summed E-state index contributed by atoms with van der Waals surface area (Å²) in [5.74, 6) is -1.09. The molecule has 70 heavy (non-hydrogen) atoms. The second kappa shape index (κ2) is 23.5. The molecule has 2 fully saturated rings. The first-order valence-corrected chi connectivity index (χ1v) is 25.9. The average Bonchev–Trinajstić information content (AvgIpc) is 4.11. The molecule has 1 saturated carbocycles. The third-order valence-corrected chi connectivity index (χ3v) is 14.8. The van der Waals surface area contributed by atoms with E-state index >= 15 is 0 Å². The summed E-state index contributed by atoms with van der Waals surface area (Å²) >= 11 is 1.56. The topological polar surface area (TPSA) is 245 Å². The van der Waals surface area contributed by atoms with Crippen molar-refractivity contribution in [3.8, 4) is 10.4 Å². The molecule has 3 aromatic heterocycles. The van der Waals surface area contributed by atoms with E-state index in [9.17, 15) is 32.7 Å². The molecule has 0 spiro atoms. The Morgan fingerprint density at radius 3 is 2.33 bits per heavy atom. The summed E-state index contributed by atoms with van der Waals surface area (Å²) in [6.07, 6.45) is 4.85. The highest BCUT2D eigenvalue weighted by molar-refractivity contribution is 7.89. The number of ether oxygens (including phenoxy) is 3. The molecule has 4 heterocycles. The predicted molar refractivity (Wildman–Crippen MR) is 265 cm³/mol. The van der Waals surface area contributed by atoms with Crippen molar-refractivity contribution >= 4 is 61.8 Å². The highest BCUT2D eigenvalue weighted by Crippen LogP contribution is 2.32. The quantitative estimate of drug-likeness (QED) is 0.0599. The number of anilines is 2. The highest BCUT2D eigenvalue weighted by atomic mass is 32.2. The van der Waals surface area contributed by atoms with Crippen LogP contribution in [0.2, 0.25) is 0 Å². The van der Waals surface area contributed by atoms with Gasteiger partial charge in [-0.25, -0.2) is 23.1 Å². The van der Waals surface area contributed by atoms with E-state index < -0.39 is 51.3 Å². The van der Waals surface area contributed by atoms with Gasteiger partial charge in [-0.2, -0.15) is 4.98 Å². The molecule has 5 N–H and O–H groups in total. The van der Waals surface area contributed by atoms with Gasteiger partial charge >= 0.3 is 0 Å². The van der Waals surface area contributed by atoms with E-state index in [4.69, 9.17) is 14.2 Å². The van der Waals surface area contributed by atoms with Crippen molar-refractivity contribution in [2.24, 2.45) is 5.41 Å². The number of fused-ring (bicyclic) bond motifs is 1. The number of amides is 3. The molecule has 7 rings (SSSR count). The van der Waals surface area contributed by atoms with Gasteiger partial charge in [0, 0.05) is 55.4 Å². The maximum Gasteiger partial charge on any atom is 0.252 e. The Hall–Kier alpha value is -5.68. The van der Waals surface area contributed by atoms with Crippen molar-refractivity contribution in [1.29, 1.82) is 0 Å². The van der Waals surface area contributed by atoms with Crippen molar-refractivity contribution in [2.45, 2.75) is 102 Å². The molecule has 1 saturated heterocycles. The Balaban J connectivity index is 0.776. The zero-order chi connectivity index (χ0) is 50.0. The van der Waals surface area contributed by atoms with Crippen LogP contribution in [0.5, 0.6) is 0 Å². The molecular formula is C49H63N9O10S2. The van der Waals surface area contributed by atoms with Gasteiger partial charge in [-0.15, -0.1) is 11.3 Å². The molecule has 1 aliphatic heterocycles. The van der Waals surface area contributed by atoms with Gasteiger partial charge in [-0.05, 0) is 73.1 Å². The number of nitrogens with zero attached hydrogens (tertiary/aromatic N) is 5. The zero-order valence-corrected chi connectivity index (χ0v) is 41.9. The standard InChI is InChI=1S/C49H63N9O10S2/c1-31-24-38(15-16-39(31)54-48-51-27-35-14-17-42(61)58(45(35)56-48)36-8-6-7-9-36)70(64,65)53-18-19-66-20-21-67-22-23-68-29-41(60)55-44(49(3,4)5)47(63)57-28-37(59)25-40(57)46(62)50-26-33-10-12-34(13-11-33)43-32(2)52-30-69-43/h10-17,24,27,30,36-37,40,44,53,59H,6-9,18-23,25-26,28-29H2,1-5H3,(H,50,62)(H,55,60)(H,51,54,56)/t37-,40+,44-/m1/s1. The van der Waals surface area contributed by atoms with Gasteiger partial charge in [0.25, 0.3) is 5.56 Å². The summed E-state index contributed by atoms with van der Waals surface area (Å²) in [4.78, 5) is 69.1. The minimum absolute atomic E-state index is 0.0293. The lowest BCUT2D eigenvalue weighted by Crippen LogP contribution is -2.58. The third-order valence-electron chi connectivity index (χ3n) is 12.3. The van der Waals surface area contributed by atoms with E-state index in [0.717, 1.165) is 52.8 Å². The second-order valence-corrected chi connectivity index (χ2v) is 21.3. The number of aryl methyl sites for hydroxylation is 2. The monoisotopic (exact) mass is 1000 g/mol. The number of aliphatic hydroxyl groups excluding tert-OH is 1. The molecule has 21 heteroatoms. The van der Waals surface area contributed by atoms with Gasteiger partial charge in [0.05, 0.1) is 60.1 Å². The van der Waals surface area contributed by atoms with Gasteiger partial charge in [0.1, 0.15) is 24.3 Å². The van der Waals surface area contributed by atoms with Crippen molar-refractivity contribution in [1.82, 2.24) is 39.8 Å². The largest absolute Gasteiger partial charge is 0.391 e. The number of thiazole rings is 1. The molecule has 2 aliphatic rings. The van der Waals surface area contributed by atoms with Crippen LogP contribution in [0.3, 0.4) is 0 Å². The van der Waals surface area contributed by atoms with Crippen molar-refractivity contribution < 1.29 is 42.1 Å². The SMILES string of the molecule is Cc1cc(S(=O)(=O)NCCOCCOCCOCC(=O)N[C@H](C(=O)N2C[C@H](O)C[C@H]2C(=O)NCc2ccc(-c3scnc3C)cc2)C(C)(C)C)ccc1Nc1ncc2ccc(=O)n(C3CCCC3)c2n1. The van der Waals surface area contributed by atoms with Crippen LogP contribution in [0.15, 0.2) is 76.0 Å². The van der Waals surface area contributed by atoms with Crippen LogP contribution in [0.4, 0.5) is 11.6 Å². The highest BCUT2D eigenvalue weighted by Gasteiger charge is 2.44. The van der Waals surface area contributed by atoms with E-state index in [1.807, 2.05) is 31.2 Å². The summed E-state index contributed by atoms with van der Waals surface area (Å²) in [5.41, 5.74) is 5.69. The number of hydrogen-bond donors (Lipinski definition) is 5. The van der Waals surface area contributed by atoms with Crippen LogP contribution < -0.4 is 26.2 Å². The van der Waals surface area contributed by atoms with Crippen LogP contribution >= 0.6 is 11.3 Å². The molecule has 2 aromatic carbocycles. The van der Waals surface area contributed by atoms with Crippen LogP contribution in [0.25, 0.3) is 21.5 Å².